The van der Waals surface area contributed by atoms with Gasteiger partial charge >= 0.3 is 0 Å². The molecule has 124 valence electrons. The number of carbonyl (C=O) groups is 1. The van der Waals surface area contributed by atoms with Gasteiger partial charge in [-0.2, -0.15) is 5.10 Å². The lowest BCUT2D eigenvalue weighted by Gasteiger charge is -2.28. The van der Waals surface area contributed by atoms with E-state index in [0.29, 0.717) is 12.2 Å². The van der Waals surface area contributed by atoms with Gasteiger partial charge in [0.1, 0.15) is 0 Å². The summed E-state index contributed by atoms with van der Waals surface area (Å²) in [6, 6.07) is 11.9. The third kappa shape index (κ3) is 3.02. The van der Waals surface area contributed by atoms with Crippen molar-refractivity contribution in [1.29, 1.82) is 0 Å². The van der Waals surface area contributed by atoms with Gasteiger partial charge in [0, 0.05) is 37.4 Å². The highest BCUT2D eigenvalue weighted by atomic mass is 16.2. The normalized spacial score (nSPS) is 12.3. The fraction of sp³-hybridized carbons (Fsp3) is 0.316. The Morgan fingerprint density at radius 1 is 1.21 bits per heavy atom. The van der Waals surface area contributed by atoms with Gasteiger partial charge in [0.15, 0.2) is 5.69 Å². The maximum Gasteiger partial charge on any atom is 0.275 e. The van der Waals surface area contributed by atoms with Gasteiger partial charge in [-0.1, -0.05) is 25.1 Å². The molecule has 2 aromatic heterocycles. The number of benzene rings is 1. The van der Waals surface area contributed by atoms with E-state index in [4.69, 9.17) is 0 Å². The molecule has 3 rings (SSSR count). The smallest absolute Gasteiger partial charge is 0.275 e. The van der Waals surface area contributed by atoms with Crippen LogP contribution >= 0.6 is 0 Å². The summed E-state index contributed by atoms with van der Waals surface area (Å²) in [7, 11) is 1.87. The van der Waals surface area contributed by atoms with E-state index >= 15 is 0 Å². The lowest BCUT2D eigenvalue weighted by molar-refractivity contribution is 0.0666. The quantitative estimate of drug-likeness (QED) is 0.723. The van der Waals surface area contributed by atoms with E-state index in [-0.39, 0.29) is 11.9 Å². The minimum atomic E-state index is -0.0297. The zero-order valence-electron chi connectivity index (χ0n) is 14.3. The Hall–Kier alpha value is -2.69. The summed E-state index contributed by atoms with van der Waals surface area (Å²) in [5.74, 6) is -0.0297. The van der Waals surface area contributed by atoms with Crippen molar-refractivity contribution in [3.63, 3.8) is 0 Å². The van der Waals surface area contributed by atoms with Gasteiger partial charge in [-0.05, 0) is 37.1 Å². The minimum Gasteiger partial charge on any atom is -0.330 e. The number of para-hydroxylation sites is 1. The van der Waals surface area contributed by atoms with Crippen LogP contribution in [-0.2, 0) is 13.6 Å². The second-order valence-electron chi connectivity index (χ2n) is 6.04. The highest BCUT2D eigenvalue weighted by molar-refractivity contribution is 6.04. The molecule has 0 aliphatic rings. The number of hydrogen-bond acceptors (Lipinski definition) is 3. The number of amides is 1. The van der Waals surface area contributed by atoms with Gasteiger partial charge in [0.25, 0.3) is 5.91 Å². The van der Waals surface area contributed by atoms with Crippen molar-refractivity contribution in [3.8, 4) is 0 Å². The van der Waals surface area contributed by atoms with Crippen LogP contribution in [0.4, 0.5) is 0 Å². The zero-order valence-corrected chi connectivity index (χ0v) is 14.3. The molecule has 3 aromatic rings. The third-order valence-corrected chi connectivity index (χ3v) is 4.45. The Kier molecular flexibility index (Phi) is 4.60. The third-order valence-electron chi connectivity index (χ3n) is 4.45. The summed E-state index contributed by atoms with van der Waals surface area (Å²) in [6.07, 6.45) is 4.40. The SMILES string of the molecule is CC[C@H](C)N(Cc1ccncc1)C(=O)c1nn(C)c2ccccc12. The summed E-state index contributed by atoms with van der Waals surface area (Å²) in [5, 5.41) is 5.38. The number of aromatic nitrogens is 3. The standard InChI is InChI=1S/C19H22N4O/c1-4-14(2)23(13-15-9-11-20-12-10-15)19(24)18-16-7-5-6-8-17(16)22(3)21-18/h5-12,14H,4,13H2,1-3H3/t14-/m0/s1. The van der Waals surface area contributed by atoms with Crippen LogP contribution < -0.4 is 0 Å². The minimum absolute atomic E-state index is 0.0297. The fourth-order valence-electron chi connectivity index (χ4n) is 2.84. The van der Waals surface area contributed by atoms with Gasteiger partial charge in [-0.15, -0.1) is 0 Å². The summed E-state index contributed by atoms with van der Waals surface area (Å²) in [5.41, 5.74) is 2.55. The lowest BCUT2D eigenvalue weighted by atomic mass is 10.1. The first kappa shape index (κ1) is 16.2. The largest absolute Gasteiger partial charge is 0.330 e. The second-order valence-corrected chi connectivity index (χ2v) is 6.04. The molecule has 0 aliphatic heterocycles. The number of fused-ring (bicyclic) bond motifs is 1. The van der Waals surface area contributed by atoms with Crippen molar-refractivity contribution in [2.75, 3.05) is 0 Å². The van der Waals surface area contributed by atoms with E-state index in [9.17, 15) is 4.79 Å². The molecule has 2 heterocycles. The van der Waals surface area contributed by atoms with E-state index in [1.165, 1.54) is 0 Å². The van der Waals surface area contributed by atoms with Crippen LogP contribution in [-0.4, -0.2) is 31.6 Å². The van der Waals surface area contributed by atoms with E-state index in [1.807, 2.05) is 48.3 Å². The molecule has 0 spiro atoms. The van der Waals surface area contributed by atoms with Crippen LogP contribution in [0.3, 0.4) is 0 Å². The molecule has 1 aromatic carbocycles. The number of pyridine rings is 1. The van der Waals surface area contributed by atoms with Crippen molar-refractivity contribution in [1.82, 2.24) is 19.7 Å². The van der Waals surface area contributed by atoms with Crippen LogP contribution in [0, 0.1) is 0 Å². The number of rotatable bonds is 5. The van der Waals surface area contributed by atoms with E-state index in [1.54, 1.807) is 17.1 Å². The van der Waals surface area contributed by atoms with E-state index < -0.39 is 0 Å². The topological polar surface area (TPSA) is 51.0 Å². The molecule has 24 heavy (non-hydrogen) atoms. The van der Waals surface area contributed by atoms with Crippen molar-refractivity contribution in [2.24, 2.45) is 7.05 Å². The molecule has 1 atom stereocenters. The molecule has 5 nitrogen and oxygen atoms in total. The first-order valence-corrected chi connectivity index (χ1v) is 8.23. The number of aryl methyl sites for hydroxylation is 1. The maximum atomic E-state index is 13.2. The molecule has 0 radical (unpaired) electrons. The molecular weight excluding hydrogens is 300 g/mol. The Morgan fingerprint density at radius 2 is 1.92 bits per heavy atom. The zero-order chi connectivity index (χ0) is 17.1. The molecule has 5 heteroatoms. The fourth-order valence-corrected chi connectivity index (χ4v) is 2.84. The molecular formula is C19H22N4O. The predicted molar refractivity (Wildman–Crippen MR) is 94.6 cm³/mol. The second kappa shape index (κ2) is 6.83. The highest BCUT2D eigenvalue weighted by Gasteiger charge is 2.25. The first-order chi connectivity index (χ1) is 11.6. The van der Waals surface area contributed by atoms with Gasteiger partial charge in [0.05, 0.1) is 5.52 Å². The highest BCUT2D eigenvalue weighted by Crippen LogP contribution is 2.21. The average molecular weight is 322 g/mol. The lowest BCUT2D eigenvalue weighted by Crippen LogP contribution is -2.38. The molecule has 0 fully saturated rings. The molecule has 0 bridgehead atoms. The summed E-state index contributed by atoms with van der Waals surface area (Å²) in [6.45, 7) is 4.72. The van der Waals surface area contributed by atoms with Crippen molar-refractivity contribution in [2.45, 2.75) is 32.9 Å². The maximum absolute atomic E-state index is 13.2. The van der Waals surface area contributed by atoms with Gasteiger partial charge < -0.3 is 4.90 Å². The average Bonchev–Trinajstić information content (AvgIpc) is 2.96. The van der Waals surface area contributed by atoms with Gasteiger partial charge in [0.2, 0.25) is 0 Å². The molecule has 0 N–H and O–H groups in total. The number of carbonyl (C=O) groups excluding carboxylic acids is 1. The molecule has 0 aliphatic carbocycles. The predicted octanol–water partition coefficient (Wildman–Crippen LogP) is 3.41. The van der Waals surface area contributed by atoms with Crippen LogP contribution in [0.15, 0.2) is 48.8 Å². The van der Waals surface area contributed by atoms with Crippen LogP contribution in [0.5, 0.6) is 0 Å². The van der Waals surface area contributed by atoms with E-state index in [0.717, 1.165) is 22.9 Å². The van der Waals surface area contributed by atoms with Crippen molar-refractivity contribution >= 4 is 16.8 Å². The molecule has 0 saturated heterocycles. The molecule has 1 amide bonds. The number of hydrogen-bond donors (Lipinski definition) is 0. The Bertz CT molecular complexity index is 841. The van der Waals surface area contributed by atoms with Crippen LogP contribution in [0.2, 0.25) is 0 Å². The first-order valence-electron chi connectivity index (χ1n) is 8.23. The van der Waals surface area contributed by atoms with Crippen molar-refractivity contribution in [3.05, 3.63) is 60.0 Å². The Labute approximate surface area is 141 Å². The van der Waals surface area contributed by atoms with E-state index in [2.05, 4.69) is 23.9 Å². The molecule has 0 saturated carbocycles. The molecule has 0 unspecified atom stereocenters. The van der Waals surface area contributed by atoms with Gasteiger partial charge in [-0.25, -0.2) is 0 Å². The summed E-state index contributed by atoms with van der Waals surface area (Å²) < 4.78 is 1.77. The Morgan fingerprint density at radius 3 is 2.62 bits per heavy atom. The van der Waals surface area contributed by atoms with Crippen molar-refractivity contribution < 1.29 is 4.79 Å². The van der Waals surface area contributed by atoms with Gasteiger partial charge in [-0.3, -0.25) is 14.5 Å². The van der Waals surface area contributed by atoms with Crippen LogP contribution in [0.25, 0.3) is 10.9 Å². The monoisotopic (exact) mass is 322 g/mol. The summed E-state index contributed by atoms with van der Waals surface area (Å²) in [4.78, 5) is 19.2. The Balaban J connectivity index is 1.99. The number of nitrogens with zero attached hydrogens (tertiary/aromatic N) is 4. The summed E-state index contributed by atoms with van der Waals surface area (Å²) >= 11 is 0. The van der Waals surface area contributed by atoms with Crippen LogP contribution in [0.1, 0.15) is 36.3 Å².